The molecule has 2 aromatic carbocycles. The number of hydrogen-bond acceptors (Lipinski definition) is 5. The first kappa shape index (κ1) is 19.0. The topological polar surface area (TPSA) is 76.1 Å². The van der Waals surface area contributed by atoms with Crippen LogP contribution in [0.25, 0.3) is 0 Å². The molecular formula is C25H29NO4. The molecule has 0 radical (unpaired) electrons. The van der Waals surface area contributed by atoms with Gasteiger partial charge in [-0.25, -0.2) is 0 Å². The third kappa shape index (κ3) is 4.05. The Kier molecular flexibility index (Phi) is 4.70. The van der Waals surface area contributed by atoms with Gasteiger partial charge in [0.15, 0.2) is 0 Å². The van der Waals surface area contributed by atoms with Crippen LogP contribution in [0.1, 0.15) is 34.2 Å². The lowest BCUT2D eigenvalue weighted by Crippen LogP contribution is -2.41. The lowest BCUT2D eigenvalue weighted by atomic mass is 9.74. The summed E-state index contributed by atoms with van der Waals surface area (Å²) < 4.78 is 22.5. The number of epoxide rings is 4. The average molecular weight is 408 g/mol. The predicted octanol–water partition coefficient (Wildman–Crippen LogP) is 2.50. The van der Waals surface area contributed by atoms with E-state index in [1.54, 1.807) is 0 Å². The summed E-state index contributed by atoms with van der Waals surface area (Å²) in [6, 6.07) is 15.0. The van der Waals surface area contributed by atoms with Crippen LogP contribution in [-0.4, -0.2) is 50.8 Å². The van der Waals surface area contributed by atoms with Crippen molar-refractivity contribution in [1.29, 1.82) is 0 Å². The Hall–Kier alpha value is -1.76. The molecule has 6 rings (SSSR count). The van der Waals surface area contributed by atoms with Crippen LogP contribution in [0.5, 0.6) is 0 Å². The maximum atomic E-state index is 7.28. The zero-order chi connectivity index (χ0) is 20.1. The zero-order valence-corrected chi connectivity index (χ0v) is 17.2. The van der Waals surface area contributed by atoms with E-state index in [1.165, 1.54) is 22.3 Å². The Labute approximate surface area is 177 Å². The van der Waals surface area contributed by atoms with E-state index in [4.69, 9.17) is 24.7 Å². The van der Waals surface area contributed by atoms with Gasteiger partial charge >= 0.3 is 0 Å². The van der Waals surface area contributed by atoms with Gasteiger partial charge in [0, 0.05) is 25.7 Å². The van der Waals surface area contributed by atoms with Gasteiger partial charge in [0.25, 0.3) is 0 Å². The highest BCUT2D eigenvalue weighted by atomic mass is 16.6. The van der Waals surface area contributed by atoms with E-state index in [1.807, 2.05) is 6.07 Å². The van der Waals surface area contributed by atoms with Crippen molar-refractivity contribution in [2.75, 3.05) is 26.4 Å². The molecule has 4 saturated heterocycles. The number of hydrogen-bond donors (Lipinski definition) is 1. The molecule has 0 bridgehead atoms. The molecule has 5 nitrogen and oxygen atoms in total. The lowest BCUT2D eigenvalue weighted by molar-refractivity contribution is 0.347. The van der Waals surface area contributed by atoms with E-state index in [0.717, 1.165) is 57.7 Å². The molecule has 0 spiro atoms. The van der Waals surface area contributed by atoms with Crippen molar-refractivity contribution in [3.63, 3.8) is 0 Å². The van der Waals surface area contributed by atoms with Crippen LogP contribution < -0.4 is 5.73 Å². The molecule has 5 unspecified atom stereocenters. The highest BCUT2D eigenvalue weighted by molar-refractivity contribution is 5.50. The zero-order valence-electron chi connectivity index (χ0n) is 17.2. The summed E-state index contributed by atoms with van der Waals surface area (Å²) >= 11 is 0. The monoisotopic (exact) mass is 407 g/mol. The van der Waals surface area contributed by atoms with Gasteiger partial charge in [0.2, 0.25) is 0 Å². The lowest BCUT2D eigenvalue weighted by Gasteiger charge is -2.34. The van der Waals surface area contributed by atoms with E-state index in [2.05, 4.69) is 36.4 Å². The van der Waals surface area contributed by atoms with Crippen molar-refractivity contribution in [3.8, 4) is 0 Å². The van der Waals surface area contributed by atoms with Crippen LogP contribution in [0, 0.1) is 0 Å². The summed E-state index contributed by atoms with van der Waals surface area (Å²) in [5, 5.41) is 0. The first-order valence-electron chi connectivity index (χ1n) is 11.1. The van der Waals surface area contributed by atoms with Crippen molar-refractivity contribution in [1.82, 2.24) is 0 Å². The summed E-state index contributed by atoms with van der Waals surface area (Å²) in [4.78, 5) is 0. The summed E-state index contributed by atoms with van der Waals surface area (Å²) in [7, 11) is 0. The van der Waals surface area contributed by atoms with Gasteiger partial charge in [0.05, 0.1) is 56.4 Å². The van der Waals surface area contributed by atoms with Crippen molar-refractivity contribution in [3.05, 3.63) is 70.3 Å². The molecule has 4 aliphatic rings. The number of ether oxygens (including phenoxy) is 4. The summed E-state index contributed by atoms with van der Waals surface area (Å²) in [6.45, 7) is 3.35. The van der Waals surface area contributed by atoms with E-state index < -0.39 is 5.54 Å². The molecule has 30 heavy (non-hydrogen) atoms. The molecule has 0 amide bonds. The van der Waals surface area contributed by atoms with E-state index >= 15 is 0 Å². The number of nitrogens with two attached hydrogens (primary N) is 1. The second-order valence-corrected chi connectivity index (χ2v) is 9.20. The molecule has 5 atom stereocenters. The molecule has 2 N–H and O–H groups in total. The molecule has 4 fully saturated rings. The molecule has 2 aromatic rings. The van der Waals surface area contributed by atoms with Gasteiger partial charge in [-0.1, -0.05) is 42.5 Å². The first-order valence-corrected chi connectivity index (χ1v) is 11.1. The smallest absolute Gasteiger partial charge is 0.0850 e. The standard InChI is InChI=1S/C25H29NO4/c26-25(11-21-15-30-21,17-4-2-1-3-5-17)24-7-6-16(8-18-12-27-18)22(9-19-13-28-19)23(24)10-20-14-29-20/h1-7,18-21H,8-15,26H2. The predicted molar refractivity (Wildman–Crippen MR) is 113 cm³/mol. The maximum Gasteiger partial charge on any atom is 0.0850 e. The molecule has 0 aromatic heterocycles. The molecular weight excluding hydrogens is 378 g/mol. The Morgan fingerprint density at radius 1 is 0.700 bits per heavy atom. The van der Waals surface area contributed by atoms with Gasteiger partial charge in [-0.3, -0.25) is 0 Å². The van der Waals surface area contributed by atoms with Crippen LogP contribution in [0.2, 0.25) is 0 Å². The highest BCUT2D eigenvalue weighted by Crippen LogP contribution is 2.41. The molecule has 4 aliphatic heterocycles. The van der Waals surface area contributed by atoms with Crippen LogP contribution in [0.15, 0.2) is 42.5 Å². The fraction of sp³-hybridized carbons (Fsp3) is 0.520. The van der Waals surface area contributed by atoms with E-state index in [9.17, 15) is 0 Å². The largest absolute Gasteiger partial charge is 0.373 e. The normalized spacial score (nSPS) is 30.6. The number of rotatable bonds is 10. The third-order valence-corrected chi connectivity index (χ3v) is 6.77. The molecule has 4 heterocycles. The number of benzene rings is 2. The quantitative estimate of drug-likeness (QED) is 0.613. The Morgan fingerprint density at radius 2 is 1.27 bits per heavy atom. The SMILES string of the molecule is NC(CC1CO1)(c1ccccc1)c1ccc(CC2CO2)c(CC2CO2)c1CC1CO1. The van der Waals surface area contributed by atoms with Crippen LogP contribution in [-0.2, 0) is 43.7 Å². The minimum absolute atomic E-state index is 0.231. The Morgan fingerprint density at radius 3 is 1.87 bits per heavy atom. The van der Waals surface area contributed by atoms with Crippen molar-refractivity contribution >= 4 is 0 Å². The van der Waals surface area contributed by atoms with Gasteiger partial charge in [-0.15, -0.1) is 0 Å². The van der Waals surface area contributed by atoms with Crippen LogP contribution in [0.3, 0.4) is 0 Å². The average Bonchev–Trinajstić information content (AvgIpc) is 3.58. The van der Waals surface area contributed by atoms with Gasteiger partial charge in [-0.2, -0.15) is 0 Å². The Balaban J connectivity index is 1.48. The van der Waals surface area contributed by atoms with Gasteiger partial charge in [0.1, 0.15) is 0 Å². The maximum absolute atomic E-state index is 7.28. The highest BCUT2D eigenvalue weighted by Gasteiger charge is 2.41. The van der Waals surface area contributed by atoms with Gasteiger partial charge < -0.3 is 24.7 Å². The molecule has 0 saturated carbocycles. The van der Waals surface area contributed by atoms with E-state index in [-0.39, 0.29) is 6.10 Å². The fourth-order valence-corrected chi connectivity index (χ4v) is 4.76. The summed E-state index contributed by atoms with van der Waals surface area (Å²) in [5.41, 5.74) is 13.2. The third-order valence-electron chi connectivity index (χ3n) is 6.77. The summed E-state index contributed by atoms with van der Waals surface area (Å²) in [5.74, 6) is 0. The molecule has 158 valence electrons. The minimum Gasteiger partial charge on any atom is -0.373 e. The first-order chi connectivity index (χ1) is 14.7. The minimum atomic E-state index is -0.583. The second-order valence-electron chi connectivity index (χ2n) is 9.20. The molecule has 0 aliphatic carbocycles. The fourth-order valence-electron chi connectivity index (χ4n) is 4.76. The van der Waals surface area contributed by atoms with Crippen LogP contribution >= 0.6 is 0 Å². The Bertz CT molecular complexity index is 916. The summed E-state index contributed by atoms with van der Waals surface area (Å²) in [6.07, 6.45) is 4.83. The van der Waals surface area contributed by atoms with Crippen molar-refractivity contribution in [2.24, 2.45) is 5.73 Å². The van der Waals surface area contributed by atoms with Crippen molar-refractivity contribution in [2.45, 2.75) is 55.6 Å². The van der Waals surface area contributed by atoms with Gasteiger partial charge in [-0.05, 0) is 27.8 Å². The molecule has 5 heteroatoms. The van der Waals surface area contributed by atoms with Crippen molar-refractivity contribution < 1.29 is 18.9 Å². The van der Waals surface area contributed by atoms with Crippen LogP contribution in [0.4, 0.5) is 0 Å². The second kappa shape index (κ2) is 7.43. The van der Waals surface area contributed by atoms with E-state index in [0.29, 0.717) is 18.3 Å².